The van der Waals surface area contributed by atoms with E-state index in [1.165, 1.54) is 13.0 Å². The van der Waals surface area contributed by atoms with E-state index in [1.807, 2.05) is 0 Å². The van der Waals surface area contributed by atoms with E-state index in [2.05, 4.69) is 0 Å². The van der Waals surface area contributed by atoms with Gasteiger partial charge in [0.1, 0.15) is 11.9 Å². The van der Waals surface area contributed by atoms with Crippen LogP contribution in [0.25, 0.3) is 0 Å². The second-order valence-electron chi connectivity index (χ2n) is 4.15. The molecule has 0 bridgehead atoms. The molecule has 7 heteroatoms. The molecular formula is C13H15FO5S. The van der Waals surface area contributed by atoms with Crippen LogP contribution < -0.4 is 0 Å². The topological polar surface area (TPSA) is 94.8 Å². The fourth-order valence-corrected chi connectivity index (χ4v) is 2.34. The molecule has 0 spiro atoms. The Hall–Kier alpha value is -1.44. The molecule has 0 radical (unpaired) electrons. The molecule has 0 fully saturated rings. The van der Waals surface area contributed by atoms with Crippen molar-refractivity contribution in [1.29, 1.82) is 0 Å². The first kappa shape index (κ1) is 16.6. The molecule has 0 aliphatic heterocycles. The summed E-state index contributed by atoms with van der Waals surface area (Å²) in [4.78, 5) is 21.7. The number of carbonyl (C=O) groups excluding carboxylic acids is 1. The van der Waals surface area contributed by atoms with Crippen LogP contribution in [-0.4, -0.2) is 38.3 Å². The van der Waals surface area contributed by atoms with Crippen molar-refractivity contribution in [3.63, 3.8) is 0 Å². The number of carboxylic acids is 1. The highest BCUT2D eigenvalue weighted by molar-refractivity contribution is 8.13. The van der Waals surface area contributed by atoms with Crippen LogP contribution >= 0.6 is 11.8 Å². The number of rotatable bonds is 6. The lowest BCUT2D eigenvalue weighted by atomic mass is 9.97. The van der Waals surface area contributed by atoms with Gasteiger partial charge in [-0.15, -0.1) is 0 Å². The van der Waals surface area contributed by atoms with Crippen molar-refractivity contribution in [2.24, 2.45) is 0 Å². The van der Waals surface area contributed by atoms with E-state index in [9.17, 15) is 24.2 Å². The van der Waals surface area contributed by atoms with Crippen molar-refractivity contribution >= 4 is 22.8 Å². The molecule has 3 N–H and O–H groups in total. The van der Waals surface area contributed by atoms with E-state index < -0.39 is 35.1 Å². The number of benzene rings is 1. The Labute approximate surface area is 119 Å². The molecule has 0 saturated heterocycles. The summed E-state index contributed by atoms with van der Waals surface area (Å²) in [6, 6.07) is 3.38. The zero-order chi connectivity index (χ0) is 15.3. The number of hydrogen-bond donors (Lipinski definition) is 3. The van der Waals surface area contributed by atoms with Gasteiger partial charge in [-0.2, -0.15) is 0 Å². The molecular weight excluding hydrogens is 287 g/mol. The molecule has 0 saturated carbocycles. The normalized spacial score (nSPS) is 13.8. The van der Waals surface area contributed by atoms with Crippen LogP contribution in [0.1, 0.15) is 35.4 Å². The Kier molecular flexibility index (Phi) is 6.12. The summed E-state index contributed by atoms with van der Waals surface area (Å²) in [5.41, 5.74) is -0.837. The lowest BCUT2D eigenvalue weighted by Gasteiger charge is -2.20. The fourth-order valence-electron chi connectivity index (χ4n) is 1.70. The van der Waals surface area contributed by atoms with Gasteiger partial charge >= 0.3 is 5.97 Å². The molecule has 0 aromatic heterocycles. The minimum Gasteiger partial charge on any atom is -0.478 e. The Morgan fingerprint density at radius 2 is 2.00 bits per heavy atom. The predicted octanol–water partition coefficient (Wildman–Crippen LogP) is 1.59. The number of carbonyl (C=O) groups is 2. The minimum absolute atomic E-state index is 0.0405. The third kappa shape index (κ3) is 4.29. The van der Waals surface area contributed by atoms with Gasteiger partial charge in [0.05, 0.1) is 11.7 Å². The largest absolute Gasteiger partial charge is 0.478 e. The number of hydrogen-bond acceptors (Lipinski definition) is 5. The van der Waals surface area contributed by atoms with Crippen molar-refractivity contribution < 1.29 is 29.3 Å². The zero-order valence-corrected chi connectivity index (χ0v) is 11.6. The van der Waals surface area contributed by atoms with Gasteiger partial charge in [-0.05, 0) is 18.6 Å². The van der Waals surface area contributed by atoms with Gasteiger partial charge in [0.25, 0.3) is 0 Å². The van der Waals surface area contributed by atoms with Gasteiger partial charge in [-0.3, -0.25) is 4.79 Å². The standard InChI is InChI=1S/C13H15FO5S/c1-7(15)20-6-5-10(16)12(17)11-8(13(18)19)3-2-4-9(11)14/h2-4,10,12,16-17H,5-6H2,1H3,(H,18,19). The maximum atomic E-state index is 13.7. The second-order valence-corrected chi connectivity index (χ2v) is 5.42. The molecule has 110 valence electrons. The lowest BCUT2D eigenvalue weighted by Crippen LogP contribution is -2.22. The number of aromatic carboxylic acids is 1. The molecule has 1 rings (SSSR count). The highest BCUT2D eigenvalue weighted by Gasteiger charge is 2.26. The Balaban J connectivity index is 2.88. The Morgan fingerprint density at radius 1 is 1.35 bits per heavy atom. The predicted molar refractivity (Wildman–Crippen MR) is 72.1 cm³/mol. The average Bonchev–Trinajstić information content (AvgIpc) is 2.36. The third-order valence-electron chi connectivity index (χ3n) is 2.66. The zero-order valence-electron chi connectivity index (χ0n) is 10.7. The average molecular weight is 302 g/mol. The minimum atomic E-state index is -1.66. The molecule has 2 unspecified atom stereocenters. The Bertz CT molecular complexity index is 506. The summed E-state index contributed by atoms with van der Waals surface area (Å²) in [6.45, 7) is 1.37. The number of halogens is 1. The summed E-state index contributed by atoms with van der Waals surface area (Å²) >= 11 is 0.967. The van der Waals surface area contributed by atoms with Gasteiger partial charge in [-0.1, -0.05) is 17.8 Å². The molecule has 5 nitrogen and oxygen atoms in total. The quantitative estimate of drug-likeness (QED) is 0.738. The van der Waals surface area contributed by atoms with E-state index in [1.54, 1.807) is 0 Å². The number of aliphatic hydroxyl groups is 2. The number of carboxylic acid groups (broad SMARTS) is 1. The summed E-state index contributed by atoms with van der Waals surface area (Å²) < 4.78 is 13.7. The van der Waals surface area contributed by atoms with Crippen molar-refractivity contribution in [3.05, 3.63) is 35.1 Å². The van der Waals surface area contributed by atoms with E-state index in [-0.39, 0.29) is 17.3 Å². The summed E-state index contributed by atoms with van der Waals surface area (Å²) in [6.07, 6.45) is -2.97. The monoisotopic (exact) mass is 302 g/mol. The van der Waals surface area contributed by atoms with Crippen LogP contribution in [0.15, 0.2) is 18.2 Å². The van der Waals surface area contributed by atoms with Gasteiger partial charge in [0.2, 0.25) is 0 Å². The van der Waals surface area contributed by atoms with Crippen LogP contribution in [0.4, 0.5) is 4.39 Å². The van der Waals surface area contributed by atoms with Crippen molar-refractivity contribution in [2.75, 3.05) is 5.75 Å². The fraction of sp³-hybridized carbons (Fsp3) is 0.385. The third-order valence-corrected chi connectivity index (χ3v) is 3.51. The molecule has 0 amide bonds. The van der Waals surface area contributed by atoms with Crippen LogP contribution in [-0.2, 0) is 4.79 Å². The van der Waals surface area contributed by atoms with Crippen molar-refractivity contribution in [2.45, 2.75) is 25.6 Å². The molecule has 0 heterocycles. The van der Waals surface area contributed by atoms with E-state index in [0.717, 1.165) is 23.9 Å². The van der Waals surface area contributed by atoms with Crippen LogP contribution in [0.5, 0.6) is 0 Å². The molecule has 2 atom stereocenters. The molecule has 1 aromatic carbocycles. The second kappa shape index (κ2) is 7.37. The Morgan fingerprint density at radius 3 is 2.55 bits per heavy atom. The van der Waals surface area contributed by atoms with Gasteiger partial charge in [0.15, 0.2) is 5.12 Å². The lowest BCUT2D eigenvalue weighted by molar-refractivity contribution is -0.109. The van der Waals surface area contributed by atoms with E-state index in [0.29, 0.717) is 0 Å². The van der Waals surface area contributed by atoms with E-state index >= 15 is 0 Å². The summed E-state index contributed by atoms with van der Waals surface area (Å²) in [7, 11) is 0. The van der Waals surface area contributed by atoms with Crippen LogP contribution in [0, 0.1) is 5.82 Å². The smallest absolute Gasteiger partial charge is 0.336 e. The highest BCUT2D eigenvalue weighted by Crippen LogP contribution is 2.26. The van der Waals surface area contributed by atoms with Gasteiger partial charge < -0.3 is 15.3 Å². The number of thioether (sulfide) groups is 1. The highest BCUT2D eigenvalue weighted by atomic mass is 32.2. The molecule has 0 aliphatic carbocycles. The summed E-state index contributed by atoms with van der Waals surface area (Å²) in [5.74, 6) is -2.02. The molecule has 1 aromatic rings. The summed E-state index contributed by atoms with van der Waals surface area (Å²) in [5, 5.41) is 28.5. The first-order chi connectivity index (χ1) is 9.34. The van der Waals surface area contributed by atoms with Crippen LogP contribution in [0.2, 0.25) is 0 Å². The molecule has 0 aliphatic rings. The van der Waals surface area contributed by atoms with Crippen molar-refractivity contribution in [1.82, 2.24) is 0 Å². The molecule has 20 heavy (non-hydrogen) atoms. The van der Waals surface area contributed by atoms with E-state index in [4.69, 9.17) is 5.11 Å². The SMILES string of the molecule is CC(=O)SCCC(O)C(O)c1c(F)cccc1C(=O)O. The maximum absolute atomic E-state index is 13.7. The van der Waals surface area contributed by atoms with Crippen LogP contribution in [0.3, 0.4) is 0 Å². The van der Waals surface area contributed by atoms with Crippen molar-refractivity contribution in [3.8, 4) is 0 Å². The maximum Gasteiger partial charge on any atom is 0.336 e. The first-order valence-corrected chi connectivity index (χ1v) is 6.84. The van der Waals surface area contributed by atoms with Gasteiger partial charge in [-0.25, -0.2) is 9.18 Å². The van der Waals surface area contributed by atoms with Gasteiger partial charge in [0, 0.05) is 18.2 Å². The number of aliphatic hydroxyl groups excluding tert-OH is 2. The first-order valence-electron chi connectivity index (χ1n) is 5.85.